The van der Waals surface area contributed by atoms with Gasteiger partial charge in [-0.2, -0.15) is 0 Å². The van der Waals surface area contributed by atoms with Gasteiger partial charge in [0.1, 0.15) is 0 Å². The minimum absolute atomic E-state index is 0.166. The Morgan fingerprint density at radius 3 is 2.73 bits per heavy atom. The number of halogens is 1. The van der Waals surface area contributed by atoms with Gasteiger partial charge in [-0.05, 0) is 35.9 Å². The minimum atomic E-state index is -1.93. The molecule has 0 saturated heterocycles. The molecule has 0 bridgehead atoms. The number of thiophene rings is 1. The summed E-state index contributed by atoms with van der Waals surface area (Å²) in [5.74, 6) is 0.413. The first-order valence-electron chi connectivity index (χ1n) is 9.26. The lowest BCUT2D eigenvalue weighted by Crippen LogP contribution is -2.41. The van der Waals surface area contributed by atoms with Crippen LogP contribution in [0.4, 0.5) is 5.69 Å². The van der Waals surface area contributed by atoms with Crippen molar-refractivity contribution in [3.8, 4) is 11.5 Å². The Morgan fingerprint density at radius 2 is 1.93 bits per heavy atom. The second kappa shape index (κ2) is 7.12. The number of anilines is 1. The normalized spacial score (nSPS) is 19.3. The van der Waals surface area contributed by atoms with Crippen LogP contribution < -0.4 is 14.4 Å². The van der Waals surface area contributed by atoms with E-state index in [4.69, 9.17) is 21.1 Å². The number of Topliss-reactive ketones (excluding diaryl/α,β-unsaturated/α-hetero) is 1. The van der Waals surface area contributed by atoms with E-state index < -0.39 is 11.5 Å². The largest absolute Gasteiger partial charge is 0.454 e. The monoisotopic (exact) mass is 441 g/mol. The Kier molecular flexibility index (Phi) is 4.54. The van der Waals surface area contributed by atoms with Crippen LogP contribution in [0.25, 0.3) is 0 Å². The van der Waals surface area contributed by atoms with Crippen molar-refractivity contribution in [2.24, 2.45) is 0 Å². The summed E-state index contributed by atoms with van der Waals surface area (Å²) >= 11 is 7.06. The van der Waals surface area contributed by atoms with Crippen molar-refractivity contribution in [1.29, 1.82) is 0 Å². The molecule has 0 saturated carbocycles. The molecule has 152 valence electrons. The highest BCUT2D eigenvalue weighted by molar-refractivity contribution is 7.18. The second-order valence-electron chi connectivity index (χ2n) is 7.16. The van der Waals surface area contributed by atoms with E-state index in [2.05, 4.69) is 0 Å². The Morgan fingerprint density at radius 1 is 1.13 bits per heavy atom. The molecule has 3 aromatic rings. The molecule has 0 spiro atoms. The van der Waals surface area contributed by atoms with Gasteiger partial charge in [0.05, 0.1) is 27.9 Å². The fourth-order valence-corrected chi connectivity index (χ4v) is 4.82. The first-order valence-corrected chi connectivity index (χ1v) is 10.5. The molecule has 5 rings (SSSR count). The molecule has 0 aliphatic carbocycles. The molecule has 0 radical (unpaired) electrons. The van der Waals surface area contributed by atoms with Gasteiger partial charge < -0.3 is 19.5 Å². The number of benzene rings is 2. The van der Waals surface area contributed by atoms with Crippen LogP contribution in [0.1, 0.15) is 27.2 Å². The van der Waals surface area contributed by atoms with Gasteiger partial charge in [-0.3, -0.25) is 9.59 Å². The standard InChI is InChI=1S/C22H16ClNO5S/c23-20-8-7-19(30-20)16(25)10-22(27)14-3-1-2-4-15(14)24(21(22)26)11-13-5-6-17-18(9-13)29-12-28-17/h1-9,27H,10-12H2/t22-/m1/s1. The molecule has 0 unspecified atom stereocenters. The zero-order chi connectivity index (χ0) is 20.9. The van der Waals surface area contributed by atoms with Crippen LogP contribution >= 0.6 is 22.9 Å². The fourth-order valence-electron chi connectivity index (χ4n) is 3.84. The van der Waals surface area contributed by atoms with Crippen molar-refractivity contribution in [2.75, 3.05) is 11.7 Å². The van der Waals surface area contributed by atoms with E-state index in [0.717, 1.165) is 16.9 Å². The van der Waals surface area contributed by atoms with E-state index in [9.17, 15) is 14.7 Å². The van der Waals surface area contributed by atoms with E-state index in [1.165, 1.54) is 4.90 Å². The summed E-state index contributed by atoms with van der Waals surface area (Å²) in [5, 5.41) is 11.4. The topological polar surface area (TPSA) is 76.1 Å². The maximum absolute atomic E-state index is 13.3. The second-order valence-corrected chi connectivity index (χ2v) is 8.88. The number of carbonyl (C=O) groups excluding carboxylic acids is 2. The van der Waals surface area contributed by atoms with Crippen LogP contribution in [-0.4, -0.2) is 23.6 Å². The molecule has 0 fully saturated rings. The van der Waals surface area contributed by atoms with E-state index in [1.54, 1.807) is 42.5 Å². The maximum atomic E-state index is 13.3. The first kappa shape index (κ1) is 19.1. The molecular formula is C22H16ClNO5S. The van der Waals surface area contributed by atoms with E-state index in [0.29, 0.717) is 32.0 Å². The molecule has 3 heterocycles. The number of fused-ring (bicyclic) bond motifs is 2. The van der Waals surface area contributed by atoms with Crippen LogP contribution in [0, 0.1) is 0 Å². The lowest BCUT2D eigenvalue weighted by molar-refractivity contribution is -0.136. The van der Waals surface area contributed by atoms with Crippen LogP contribution in [0.3, 0.4) is 0 Å². The molecule has 2 aromatic carbocycles. The number of hydrogen-bond donors (Lipinski definition) is 1. The lowest BCUT2D eigenvalue weighted by Gasteiger charge is -2.22. The SMILES string of the molecule is O=C(C[C@]1(O)C(=O)N(Cc2ccc3c(c2)OCO3)c2ccccc21)c1ccc(Cl)s1. The predicted molar refractivity (Wildman–Crippen MR) is 112 cm³/mol. The number of ether oxygens (including phenoxy) is 2. The quantitative estimate of drug-likeness (QED) is 0.602. The Labute approximate surface area is 181 Å². The van der Waals surface area contributed by atoms with E-state index >= 15 is 0 Å². The summed E-state index contributed by atoms with van der Waals surface area (Å²) < 4.78 is 11.2. The highest BCUT2D eigenvalue weighted by Crippen LogP contribution is 2.44. The van der Waals surface area contributed by atoms with Crippen molar-refractivity contribution in [3.05, 3.63) is 74.9 Å². The van der Waals surface area contributed by atoms with Crippen molar-refractivity contribution < 1.29 is 24.2 Å². The number of nitrogens with zero attached hydrogens (tertiary/aromatic N) is 1. The van der Waals surface area contributed by atoms with Crippen molar-refractivity contribution >= 4 is 40.3 Å². The molecule has 1 atom stereocenters. The molecule has 8 heteroatoms. The number of aliphatic hydroxyl groups is 1. The number of ketones is 1. The Balaban J connectivity index is 1.47. The van der Waals surface area contributed by atoms with Crippen LogP contribution in [0.5, 0.6) is 11.5 Å². The van der Waals surface area contributed by atoms with Gasteiger partial charge in [0.2, 0.25) is 6.79 Å². The van der Waals surface area contributed by atoms with Gasteiger partial charge in [-0.25, -0.2) is 0 Å². The Hall–Kier alpha value is -2.87. The summed E-state index contributed by atoms with van der Waals surface area (Å²) in [6.07, 6.45) is -0.350. The van der Waals surface area contributed by atoms with E-state index in [-0.39, 0.29) is 25.5 Å². The van der Waals surface area contributed by atoms with E-state index in [1.807, 2.05) is 12.1 Å². The number of rotatable bonds is 5. The summed E-state index contributed by atoms with van der Waals surface area (Å²) in [6, 6.07) is 15.7. The molecule has 6 nitrogen and oxygen atoms in total. The third-order valence-corrected chi connectivity index (χ3v) is 6.55. The predicted octanol–water partition coefficient (Wildman–Crippen LogP) is 4.14. The number of amides is 1. The third-order valence-electron chi connectivity index (χ3n) is 5.28. The zero-order valence-electron chi connectivity index (χ0n) is 15.6. The molecule has 2 aliphatic rings. The van der Waals surface area contributed by atoms with Gasteiger partial charge in [-0.15, -0.1) is 11.3 Å². The van der Waals surface area contributed by atoms with Gasteiger partial charge >= 0.3 is 0 Å². The summed E-state index contributed by atoms with van der Waals surface area (Å²) in [6.45, 7) is 0.396. The molecule has 1 amide bonds. The first-order chi connectivity index (χ1) is 14.5. The average molecular weight is 442 g/mol. The van der Waals surface area contributed by atoms with Gasteiger partial charge in [0, 0.05) is 5.56 Å². The molecule has 1 N–H and O–H groups in total. The third kappa shape index (κ3) is 3.06. The van der Waals surface area contributed by atoms with Gasteiger partial charge in [0.25, 0.3) is 5.91 Å². The number of carbonyl (C=O) groups is 2. The highest BCUT2D eigenvalue weighted by atomic mass is 35.5. The maximum Gasteiger partial charge on any atom is 0.264 e. The average Bonchev–Trinajstić information content (AvgIpc) is 3.43. The number of para-hydroxylation sites is 1. The Bertz CT molecular complexity index is 1180. The fraction of sp³-hybridized carbons (Fsp3) is 0.182. The lowest BCUT2D eigenvalue weighted by atomic mass is 9.89. The summed E-state index contributed by atoms with van der Waals surface area (Å²) in [5.41, 5.74) is -0.102. The molecular weight excluding hydrogens is 426 g/mol. The van der Waals surface area contributed by atoms with Crippen molar-refractivity contribution in [2.45, 2.75) is 18.6 Å². The zero-order valence-corrected chi connectivity index (χ0v) is 17.2. The van der Waals surface area contributed by atoms with Crippen LogP contribution in [0.2, 0.25) is 4.34 Å². The molecule has 1 aromatic heterocycles. The van der Waals surface area contributed by atoms with Crippen molar-refractivity contribution in [3.63, 3.8) is 0 Å². The summed E-state index contributed by atoms with van der Waals surface area (Å²) in [4.78, 5) is 28.0. The smallest absolute Gasteiger partial charge is 0.264 e. The van der Waals surface area contributed by atoms with Crippen LogP contribution in [-0.2, 0) is 16.9 Å². The number of hydrogen-bond acceptors (Lipinski definition) is 6. The van der Waals surface area contributed by atoms with Gasteiger partial charge in [-0.1, -0.05) is 35.9 Å². The van der Waals surface area contributed by atoms with Gasteiger partial charge in [0.15, 0.2) is 22.9 Å². The minimum Gasteiger partial charge on any atom is -0.454 e. The molecule has 30 heavy (non-hydrogen) atoms. The summed E-state index contributed by atoms with van der Waals surface area (Å²) in [7, 11) is 0. The molecule has 2 aliphatic heterocycles. The van der Waals surface area contributed by atoms with Crippen LogP contribution in [0.15, 0.2) is 54.6 Å². The highest BCUT2D eigenvalue weighted by Gasteiger charge is 2.50. The van der Waals surface area contributed by atoms with Crippen molar-refractivity contribution in [1.82, 2.24) is 0 Å².